The summed E-state index contributed by atoms with van der Waals surface area (Å²) in [5.41, 5.74) is -0.701. The van der Waals surface area contributed by atoms with Gasteiger partial charge in [-0.05, 0) is 39.0 Å². The number of nitrogens with zero attached hydrogens (tertiary/aromatic N) is 1. The first-order valence-corrected chi connectivity index (χ1v) is 7.97. The van der Waals surface area contributed by atoms with Crippen molar-refractivity contribution in [3.05, 3.63) is 0 Å². The van der Waals surface area contributed by atoms with E-state index in [4.69, 9.17) is 0 Å². The third-order valence-corrected chi connectivity index (χ3v) is 4.93. The van der Waals surface area contributed by atoms with Crippen molar-refractivity contribution >= 4 is 11.8 Å². The number of nitrogens with one attached hydrogen (secondary N) is 1. The highest BCUT2D eigenvalue weighted by Crippen LogP contribution is 2.28. The number of carbonyl (C=O) groups is 2. The van der Waals surface area contributed by atoms with Crippen LogP contribution in [-0.4, -0.2) is 34.3 Å². The van der Waals surface area contributed by atoms with Crippen LogP contribution in [-0.2, 0) is 9.59 Å². The van der Waals surface area contributed by atoms with Gasteiger partial charge in [0.05, 0.1) is 0 Å². The number of hydrogen-bond acceptors (Lipinski definition) is 2. The lowest BCUT2D eigenvalue weighted by Crippen LogP contribution is -2.70. The number of rotatable bonds is 6. The second-order valence-corrected chi connectivity index (χ2v) is 6.27. The molecule has 1 N–H and O–H groups in total. The first-order valence-electron chi connectivity index (χ1n) is 7.97. The molecule has 1 rings (SSSR count). The summed E-state index contributed by atoms with van der Waals surface area (Å²) < 4.78 is 0. The number of amides is 2. The minimum Gasteiger partial charge on any atom is -0.340 e. The van der Waals surface area contributed by atoms with Crippen LogP contribution in [0.1, 0.15) is 67.2 Å². The molecule has 4 nitrogen and oxygen atoms in total. The Hall–Kier alpha value is -1.06. The zero-order valence-electron chi connectivity index (χ0n) is 13.8. The minimum absolute atomic E-state index is 0.0238. The van der Waals surface area contributed by atoms with Gasteiger partial charge in [-0.1, -0.05) is 34.1 Å². The van der Waals surface area contributed by atoms with Crippen molar-refractivity contribution in [1.82, 2.24) is 10.2 Å². The molecule has 20 heavy (non-hydrogen) atoms. The Morgan fingerprint density at radius 3 is 2.20 bits per heavy atom. The first kappa shape index (κ1) is 17.0. The van der Waals surface area contributed by atoms with E-state index in [1.165, 1.54) is 0 Å². The van der Waals surface area contributed by atoms with Gasteiger partial charge in [0, 0.05) is 6.04 Å². The molecule has 0 bridgehead atoms. The average Bonchev–Trinajstić information content (AvgIpc) is 2.43. The molecule has 1 aliphatic rings. The topological polar surface area (TPSA) is 49.4 Å². The van der Waals surface area contributed by atoms with Gasteiger partial charge in [-0.3, -0.25) is 9.59 Å². The zero-order valence-corrected chi connectivity index (χ0v) is 13.8. The summed E-state index contributed by atoms with van der Waals surface area (Å²) in [5, 5.41) is 2.95. The van der Waals surface area contributed by atoms with Crippen LogP contribution in [0, 0.1) is 5.92 Å². The standard InChI is InChI=1S/C16H30N2O2/c1-7-11(4)10-12(5)18-13(6)14(19)17-16(8-2,9-3)15(18)20/h11-13H,7-10H2,1-6H3,(H,17,19). The molecule has 3 unspecified atom stereocenters. The van der Waals surface area contributed by atoms with Crippen LogP contribution in [0.25, 0.3) is 0 Å². The molecule has 3 atom stereocenters. The van der Waals surface area contributed by atoms with Crippen LogP contribution in [0.5, 0.6) is 0 Å². The van der Waals surface area contributed by atoms with Crippen LogP contribution >= 0.6 is 0 Å². The van der Waals surface area contributed by atoms with E-state index in [-0.39, 0.29) is 23.9 Å². The summed E-state index contributed by atoms with van der Waals surface area (Å²) in [5.74, 6) is 0.627. The number of piperazine rings is 1. The van der Waals surface area contributed by atoms with Gasteiger partial charge in [0.2, 0.25) is 11.8 Å². The Morgan fingerprint density at radius 1 is 1.20 bits per heavy atom. The summed E-state index contributed by atoms with van der Waals surface area (Å²) in [6.45, 7) is 12.2. The summed E-state index contributed by atoms with van der Waals surface area (Å²) >= 11 is 0. The van der Waals surface area contributed by atoms with E-state index in [0.29, 0.717) is 18.8 Å². The van der Waals surface area contributed by atoms with Crippen LogP contribution < -0.4 is 5.32 Å². The van der Waals surface area contributed by atoms with Gasteiger partial charge < -0.3 is 10.2 Å². The Balaban J connectivity index is 3.02. The minimum atomic E-state index is -0.701. The van der Waals surface area contributed by atoms with Gasteiger partial charge in [-0.15, -0.1) is 0 Å². The second kappa shape index (κ2) is 6.59. The molecule has 0 aliphatic carbocycles. The summed E-state index contributed by atoms with van der Waals surface area (Å²) in [4.78, 5) is 26.9. The lowest BCUT2D eigenvalue weighted by atomic mass is 9.85. The lowest BCUT2D eigenvalue weighted by Gasteiger charge is -2.47. The van der Waals surface area contributed by atoms with Crippen molar-refractivity contribution < 1.29 is 9.59 Å². The van der Waals surface area contributed by atoms with Crippen molar-refractivity contribution in [2.24, 2.45) is 5.92 Å². The fraction of sp³-hybridized carbons (Fsp3) is 0.875. The summed E-state index contributed by atoms with van der Waals surface area (Å²) in [6, 6.07) is -0.260. The highest BCUT2D eigenvalue weighted by atomic mass is 16.2. The van der Waals surface area contributed by atoms with E-state index in [1.807, 2.05) is 25.7 Å². The maximum atomic E-state index is 12.9. The second-order valence-electron chi connectivity index (χ2n) is 6.27. The maximum absolute atomic E-state index is 12.9. The molecule has 1 heterocycles. The van der Waals surface area contributed by atoms with Crippen molar-refractivity contribution in [3.8, 4) is 0 Å². The van der Waals surface area contributed by atoms with Gasteiger partial charge in [0.15, 0.2) is 0 Å². The monoisotopic (exact) mass is 282 g/mol. The van der Waals surface area contributed by atoms with Crippen LogP contribution in [0.15, 0.2) is 0 Å². The molecule has 0 saturated carbocycles. The average molecular weight is 282 g/mol. The molecule has 0 spiro atoms. The fourth-order valence-electron chi connectivity index (χ4n) is 3.12. The normalized spacial score (nSPS) is 25.3. The molecule has 1 fully saturated rings. The van der Waals surface area contributed by atoms with Gasteiger partial charge in [-0.25, -0.2) is 0 Å². The largest absolute Gasteiger partial charge is 0.340 e. The lowest BCUT2D eigenvalue weighted by molar-refractivity contribution is -0.157. The highest BCUT2D eigenvalue weighted by molar-refractivity contribution is 5.99. The van der Waals surface area contributed by atoms with E-state index in [0.717, 1.165) is 12.8 Å². The van der Waals surface area contributed by atoms with E-state index in [1.54, 1.807) is 0 Å². The van der Waals surface area contributed by atoms with Gasteiger partial charge in [0.25, 0.3) is 0 Å². The number of carbonyl (C=O) groups excluding carboxylic acids is 2. The van der Waals surface area contributed by atoms with E-state index in [2.05, 4.69) is 26.1 Å². The fourth-order valence-corrected chi connectivity index (χ4v) is 3.12. The predicted octanol–water partition coefficient (Wildman–Crippen LogP) is 2.72. The summed E-state index contributed by atoms with van der Waals surface area (Å²) in [7, 11) is 0. The summed E-state index contributed by atoms with van der Waals surface area (Å²) in [6.07, 6.45) is 3.34. The maximum Gasteiger partial charge on any atom is 0.249 e. The van der Waals surface area contributed by atoms with E-state index < -0.39 is 5.54 Å². The SMILES string of the molecule is CCC(C)CC(C)N1C(=O)C(CC)(CC)NC(=O)C1C. The Bertz CT molecular complexity index is 363. The smallest absolute Gasteiger partial charge is 0.249 e. The van der Waals surface area contributed by atoms with Crippen LogP contribution in [0.3, 0.4) is 0 Å². The number of hydrogen-bond donors (Lipinski definition) is 1. The van der Waals surface area contributed by atoms with Gasteiger partial charge in [0.1, 0.15) is 11.6 Å². The quantitative estimate of drug-likeness (QED) is 0.814. The van der Waals surface area contributed by atoms with Crippen molar-refractivity contribution in [1.29, 1.82) is 0 Å². The third-order valence-electron chi connectivity index (χ3n) is 4.93. The van der Waals surface area contributed by atoms with Gasteiger partial charge in [-0.2, -0.15) is 0 Å². The first-order chi connectivity index (χ1) is 9.32. The molecule has 0 aromatic carbocycles. The van der Waals surface area contributed by atoms with Crippen LogP contribution in [0.2, 0.25) is 0 Å². The molecule has 2 amide bonds. The zero-order chi connectivity index (χ0) is 15.5. The molecule has 1 saturated heterocycles. The molecular formula is C16H30N2O2. The third kappa shape index (κ3) is 2.99. The molecule has 0 radical (unpaired) electrons. The molecule has 0 aromatic heterocycles. The molecule has 0 aromatic rings. The molecule has 4 heteroatoms. The molecule has 1 aliphatic heterocycles. The van der Waals surface area contributed by atoms with E-state index in [9.17, 15) is 9.59 Å². The Morgan fingerprint density at radius 2 is 1.75 bits per heavy atom. The van der Waals surface area contributed by atoms with Crippen LogP contribution in [0.4, 0.5) is 0 Å². The highest BCUT2D eigenvalue weighted by Gasteiger charge is 2.48. The van der Waals surface area contributed by atoms with Crippen molar-refractivity contribution in [3.63, 3.8) is 0 Å². The Kier molecular flexibility index (Phi) is 5.60. The molecule has 116 valence electrons. The molecular weight excluding hydrogens is 252 g/mol. The predicted molar refractivity (Wildman–Crippen MR) is 81.3 cm³/mol. The van der Waals surface area contributed by atoms with E-state index >= 15 is 0 Å². The van der Waals surface area contributed by atoms with Crippen molar-refractivity contribution in [2.75, 3.05) is 0 Å². The Labute approximate surface area is 123 Å². The van der Waals surface area contributed by atoms with Gasteiger partial charge >= 0.3 is 0 Å². The van der Waals surface area contributed by atoms with Crippen molar-refractivity contribution in [2.45, 2.75) is 84.8 Å².